The van der Waals surface area contributed by atoms with Crippen LogP contribution in [0.1, 0.15) is 28.8 Å². The lowest BCUT2D eigenvalue weighted by Gasteiger charge is -2.04. The highest BCUT2D eigenvalue weighted by molar-refractivity contribution is 5.98. The molecule has 1 saturated carbocycles. The number of amides is 2. The lowest BCUT2D eigenvalue weighted by atomic mass is 10.1. The zero-order valence-electron chi connectivity index (χ0n) is 14.1. The lowest BCUT2D eigenvalue weighted by Crippen LogP contribution is -2.25. The van der Waals surface area contributed by atoms with E-state index in [1.54, 1.807) is 29.2 Å². The molecule has 1 aromatic heterocycles. The molecule has 2 N–H and O–H groups in total. The molecule has 26 heavy (non-hydrogen) atoms. The normalized spacial score (nSPS) is 13.8. The number of nitrogens with zero attached hydrogens (tertiary/aromatic N) is 2. The van der Waals surface area contributed by atoms with Crippen molar-refractivity contribution in [3.8, 4) is 0 Å². The molecular formula is C20H18N4O2. The number of benzene rings is 2. The predicted molar refractivity (Wildman–Crippen MR) is 100 cm³/mol. The number of para-hydroxylation sites is 2. The molecule has 0 spiro atoms. The largest absolute Gasteiger partial charge is 0.349 e. The average Bonchev–Trinajstić information content (AvgIpc) is 3.39. The Morgan fingerprint density at radius 2 is 1.85 bits per heavy atom. The van der Waals surface area contributed by atoms with Gasteiger partial charge in [-0.3, -0.25) is 15.0 Å². The van der Waals surface area contributed by atoms with Crippen molar-refractivity contribution < 1.29 is 9.59 Å². The van der Waals surface area contributed by atoms with E-state index >= 15 is 0 Å². The van der Waals surface area contributed by atoms with Crippen molar-refractivity contribution in [1.82, 2.24) is 15.0 Å². The molecule has 3 aromatic rings. The first-order valence-corrected chi connectivity index (χ1v) is 8.51. The van der Waals surface area contributed by atoms with E-state index in [-0.39, 0.29) is 11.8 Å². The second-order valence-corrected chi connectivity index (χ2v) is 6.28. The van der Waals surface area contributed by atoms with Gasteiger partial charge in [0, 0.05) is 17.7 Å². The number of hydrogen-bond donors (Lipinski definition) is 2. The number of imidazole rings is 1. The van der Waals surface area contributed by atoms with Crippen LogP contribution in [0.15, 0.2) is 60.9 Å². The minimum absolute atomic E-state index is 0.0484. The van der Waals surface area contributed by atoms with Crippen LogP contribution in [0.5, 0.6) is 0 Å². The summed E-state index contributed by atoms with van der Waals surface area (Å²) < 4.78 is 1.59. The highest BCUT2D eigenvalue weighted by atomic mass is 16.2. The third kappa shape index (κ3) is 3.64. The second kappa shape index (κ2) is 6.84. The van der Waals surface area contributed by atoms with Gasteiger partial charge in [0.25, 0.3) is 11.8 Å². The van der Waals surface area contributed by atoms with Crippen LogP contribution >= 0.6 is 0 Å². The summed E-state index contributed by atoms with van der Waals surface area (Å²) in [5.41, 5.74) is 5.88. The third-order valence-corrected chi connectivity index (χ3v) is 4.20. The van der Waals surface area contributed by atoms with E-state index in [0.717, 1.165) is 29.4 Å². The summed E-state index contributed by atoms with van der Waals surface area (Å²) in [6, 6.07) is 15.1. The van der Waals surface area contributed by atoms with Crippen molar-refractivity contribution in [3.63, 3.8) is 0 Å². The maximum atomic E-state index is 12.1. The minimum atomic E-state index is -0.260. The molecule has 2 amide bonds. The molecule has 0 bridgehead atoms. The van der Waals surface area contributed by atoms with Crippen LogP contribution in [0, 0.1) is 0 Å². The molecule has 0 radical (unpaired) electrons. The van der Waals surface area contributed by atoms with Crippen molar-refractivity contribution in [2.75, 3.05) is 5.43 Å². The molecule has 6 nitrogen and oxygen atoms in total. The number of carbonyl (C=O) groups excluding carboxylic acids is 2. The van der Waals surface area contributed by atoms with Gasteiger partial charge in [-0.15, -0.1) is 0 Å². The number of nitrogens with one attached hydrogen (secondary N) is 2. The Morgan fingerprint density at radius 3 is 2.62 bits per heavy atom. The first kappa shape index (κ1) is 16.1. The Bertz CT molecular complexity index is 984. The van der Waals surface area contributed by atoms with E-state index in [1.807, 2.05) is 36.4 Å². The van der Waals surface area contributed by atoms with E-state index in [1.165, 1.54) is 6.08 Å². The van der Waals surface area contributed by atoms with Gasteiger partial charge >= 0.3 is 0 Å². The summed E-state index contributed by atoms with van der Waals surface area (Å²) in [4.78, 5) is 28.3. The Kier molecular flexibility index (Phi) is 4.23. The summed E-state index contributed by atoms with van der Waals surface area (Å²) in [5, 5.41) is 2.95. The number of carbonyl (C=O) groups is 2. The van der Waals surface area contributed by atoms with Gasteiger partial charge in [-0.05, 0) is 48.7 Å². The summed E-state index contributed by atoms with van der Waals surface area (Å²) in [6.45, 7) is 0. The van der Waals surface area contributed by atoms with Gasteiger partial charge in [0.05, 0.1) is 11.0 Å². The molecule has 2 aromatic carbocycles. The lowest BCUT2D eigenvalue weighted by molar-refractivity contribution is -0.112. The van der Waals surface area contributed by atoms with Crippen LogP contribution in [-0.4, -0.2) is 27.5 Å². The second-order valence-electron chi connectivity index (χ2n) is 6.28. The number of fused-ring (bicyclic) bond motifs is 1. The maximum Gasteiger partial charge on any atom is 0.262 e. The van der Waals surface area contributed by atoms with Crippen LogP contribution in [0.4, 0.5) is 0 Å². The standard InChI is InChI=1S/C20H18N4O2/c25-19(23-24-13-21-17-3-1-2-4-18(17)24)12-7-14-5-8-15(9-6-14)20(26)22-16-10-11-16/h1-9,12-13,16H,10-11H2,(H,22,26)(H,23,25)/b12-7+. The molecule has 130 valence electrons. The molecule has 0 aliphatic heterocycles. The zero-order chi connectivity index (χ0) is 17.9. The van der Waals surface area contributed by atoms with E-state index in [4.69, 9.17) is 0 Å². The summed E-state index contributed by atoms with van der Waals surface area (Å²) in [6.07, 6.45) is 6.86. The smallest absolute Gasteiger partial charge is 0.262 e. The van der Waals surface area contributed by atoms with E-state index in [9.17, 15) is 9.59 Å². The number of aromatic nitrogens is 2. The highest BCUT2D eigenvalue weighted by Gasteiger charge is 2.23. The molecular weight excluding hydrogens is 328 g/mol. The molecule has 1 aliphatic rings. The molecule has 1 aliphatic carbocycles. The van der Waals surface area contributed by atoms with Gasteiger partial charge in [-0.2, -0.15) is 0 Å². The van der Waals surface area contributed by atoms with Crippen LogP contribution < -0.4 is 10.7 Å². The zero-order valence-corrected chi connectivity index (χ0v) is 14.1. The Balaban J connectivity index is 1.39. The van der Waals surface area contributed by atoms with Gasteiger partial charge in [0.1, 0.15) is 6.33 Å². The van der Waals surface area contributed by atoms with Crippen LogP contribution in [0.2, 0.25) is 0 Å². The Morgan fingerprint density at radius 1 is 1.08 bits per heavy atom. The Hall–Kier alpha value is -3.41. The predicted octanol–water partition coefficient (Wildman–Crippen LogP) is 2.71. The highest BCUT2D eigenvalue weighted by Crippen LogP contribution is 2.19. The molecule has 0 saturated heterocycles. The fourth-order valence-corrected chi connectivity index (χ4v) is 2.62. The SMILES string of the molecule is O=C(/C=C/c1ccc(C(=O)NC2CC2)cc1)Nn1cnc2ccccc21. The monoisotopic (exact) mass is 346 g/mol. The van der Waals surface area contributed by atoms with Crippen molar-refractivity contribution >= 4 is 28.9 Å². The van der Waals surface area contributed by atoms with Gasteiger partial charge in [-0.25, -0.2) is 9.66 Å². The van der Waals surface area contributed by atoms with Gasteiger partial charge in [0.15, 0.2) is 0 Å². The third-order valence-electron chi connectivity index (χ3n) is 4.20. The first-order valence-electron chi connectivity index (χ1n) is 8.51. The molecule has 4 rings (SSSR count). The van der Waals surface area contributed by atoms with E-state index in [0.29, 0.717) is 11.6 Å². The molecule has 0 unspecified atom stereocenters. The van der Waals surface area contributed by atoms with Crippen LogP contribution in [0.25, 0.3) is 17.1 Å². The first-order chi connectivity index (χ1) is 12.7. The van der Waals surface area contributed by atoms with Gasteiger partial charge < -0.3 is 5.32 Å². The summed E-state index contributed by atoms with van der Waals surface area (Å²) in [5.74, 6) is -0.309. The molecule has 1 fully saturated rings. The summed E-state index contributed by atoms with van der Waals surface area (Å²) >= 11 is 0. The van der Waals surface area contributed by atoms with Crippen molar-refractivity contribution in [2.45, 2.75) is 18.9 Å². The minimum Gasteiger partial charge on any atom is -0.349 e. The van der Waals surface area contributed by atoms with Crippen molar-refractivity contribution in [2.24, 2.45) is 0 Å². The topological polar surface area (TPSA) is 76.0 Å². The molecule has 0 atom stereocenters. The Labute approximate surface area is 150 Å². The average molecular weight is 346 g/mol. The van der Waals surface area contributed by atoms with Crippen LogP contribution in [-0.2, 0) is 4.79 Å². The fourth-order valence-electron chi connectivity index (χ4n) is 2.62. The van der Waals surface area contributed by atoms with E-state index in [2.05, 4.69) is 15.7 Å². The van der Waals surface area contributed by atoms with Crippen molar-refractivity contribution in [3.05, 3.63) is 72.1 Å². The number of rotatable bonds is 5. The molecule has 1 heterocycles. The van der Waals surface area contributed by atoms with Crippen LogP contribution in [0.3, 0.4) is 0 Å². The van der Waals surface area contributed by atoms with E-state index < -0.39 is 0 Å². The summed E-state index contributed by atoms with van der Waals surface area (Å²) in [7, 11) is 0. The molecule has 6 heteroatoms. The quantitative estimate of drug-likeness (QED) is 0.698. The fraction of sp³-hybridized carbons (Fsp3) is 0.150. The van der Waals surface area contributed by atoms with Gasteiger partial charge in [0.2, 0.25) is 0 Å². The number of hydrogen-bond acceptors (Lipinski definition) is 3. The van der Waals surface area contributed by atoms with Gasteiger partial charge in [-0.1, -0.05) is 24.3 Å². The maximum absolute atomic E-state index is 12.1. The van der Waals surface area contributed by atoms with Crippen molar-refractivity contribution in [1.29, 1.82) is 0 Å².